The first kappa shape index (κ1) is 23.6. The van der Waals surface area contributed by atoms with Crippen molar-refractivity contribution in [2.24, 2.45) is 5.73 Å². The van der Waals surface area contributed by atoms with Crippen LogP contribution in [-0.4, -0.2) is 41.9 Å². The third-order valence-electron chi connectivity index (χ3n) is 4.81. The van der Waals surface area contributed by atoms with E-state index in [9.17, 15) is 23.1 Å². The first-order valence-corrected chi connectivity index (χ1v) is 9.98. The zero-order valence-corrected chi connectivity index (χ0v) is 17.6. The third kappa shape index (κ3) is 4.86. The van der Waals surface area contributed by atoms with Crippen LogP contribution >= 0.6 is 0 Å². The van der Waals surface area contributed by atoms with Gasteiger partial charge in [-0.15, -0.1) is 0 Å². The molecule has 0 radical (unpaired) electrons. The van der Waals surface area contributed by atoms with Gasteiger partial charge in [0.05, 0.1) is 42.1 Å². The second-order valence-corrected chi connectivity index (χ2v) is 7.43. The minimum Gasteiger partial charge on any atom is -0.478 e. The van der Waals surface area contributed by atoms with E-state index in [-0.39, 0.29) is 54.1 Å². The Hall–Kier alpha value is -3.11. The number of aromatic nitrogens is 1. The summed E-state index contributed by atoms with van der Waals surface area (Å²) < 4.78 is 52.9. The van der Waals surface area contributed by atoms with E-state index in [1.807, 2.05) is 0 Å². The van der Waals surface area contributed by atoms with Gasteiger partial charge in [0, 0.05) is 24.0 Å². The summed E-state index contributed by atoms with van der Waals surface area (Å²) >= 11 is 0. The quantitative estimate of drug-likeness (QED) is 0.525. The number of aliphatic carboxylic acids is 1. The van der Waals surface area contributed by atoms with Crippen molar-refractivity contribution in [3.8, 4) is 5.88 Å². The number of carboxylic acids is 1. The Labute approximate surface area is 183 Å². The Morgan fingerprint density at radius 2 is 2.00 bits per heavy atom. The van der Waals surface area contributed by atoms with E-state index in [2.05, 4.69) is 10.3 Å². The number of halogens is 3. The van der Waals surface area contributed by atoms with Gasteiger partial charge in [-0.05, 0) is 31.5 Å². The number of benzene rings is 1. The van der Waals surface area contributed by atoms with E-state index in [1.54, 1.807) is 19.9 Å². The van der Waals surface area contributed by atoms with Crippen LogP contribution in [0, 0.1) is 0 Å². The molecule has 32 heavy (non-hydrogen) atoms. The van der Waals surface area contributed by atoms with Crippen molar-refractivity contribution in [1.29, 1.82) is 0 Å². The maximum Gasteiger partial charge on any atom is 0.416 e. The minimum atomic E-state index is -4.69. The van der Waals surface area contributed by atoms with Crippen LogP contribution in [0.2, 0.25) is 0 Å². The summed E-state index contributed by atoms with van der Waals surface area (Å²) in [5.41, 5.74) is 4.79. The fourth-order valence-corrected chi connectivity index (χ4v) is 3.65. The highest BCUT2D eigenvalue weighted by Crippen LogP contribution is 2.48. The number of hydrogen-bond donors (Lipinski definition) is 3. The first-order valence-electron chi connectivity index (χ1n) is 9.98. The monoisotopic (exact) mass is 451 g/mol. The number of nitrogens with one attached hydrogen (secondary N) is 1. The molecule has 1 aliphatic heterocycles. The molecule has 1 aliphatic rings. The fraction of sp³-hybridized carbons (Fsp3) is 0.364. The van der Waals surface area contributed by atoms with Gasteiger partial charge in [-0.1, -0.05) is 18.2 Å². The summed E-state index contributed by atoms with van der Waals surface area (Å²) in [5, 5.41) is 13.1. The van der Waals surface area contributed by atoms with Crippen LogP contribution in [0.1, 0.15) is 36.5 Å². The number of anilines is 1. The van der Waals surface area contributed by atoms with E-state index < -0.39 is 23.6 Å². The molecule has 7 nitrogen and oxygen atoms in total. The van der Waals surface area contributed by atoms with Gasteiger partial charge in [-0.25, -0.2) is 9.78 Å². The summed E-state index contributed by atoms with van der Waals surface area (Å²) in [6.45, 7) is 3.70. The number of nitrogens with two attached hydrogens (primary N) is 1. The number of carboxylic acid groups (broad SMARTS) is 1. The Kier molecular flexibility index (Phi) is 7.05. The van der Waals surface area contributed by atoms with Gasteiger partial charge in [0.1, 0.15) is 0 Å². The fourth-order valence-electron chi connectivity index (χ4n) is 3.65. The zero-order chi connectivity index (χ0) is 23.5. The van der Waals surface area contributed by atoms with Gasteiger partial charge in [0.15, 0.2) is 0 Å². The van der Waals surface area contributed by atoms with Gasteiger partial charge in [0.2, 0.25) is 5.88 Å². The summed E-state index contributed by atoms with van der Waals surface area (Å²) in [4.78, 5) is 16.6. The van der Waals surface area contributed by atoms with Gasteiger partial charge < -0.3 is 25.6 Å². The molecule has 0 amide bonds. The Morgan fingerprint density at radius 3 is 2.62 bits per heavy atom. The van der Waals surface area contributed by atoms with Crippen LogP contribution in [-0.2, 0) is 15.7 Å². The van der Waals surface area contributed by atoms with Crippen molar-refractivity contribution >= 4 is 11.7 Å². The molecular weight excluding hydrogens is 427 g/mol. The second kappa shape index (κ2) is 9.58. The standard InChI is InChI=1S/C22H24F3N3O4/c1-12(2)32-20-18-15(7-9-27-20)28-16(11-31-10-8-26)19(21(29)30)17(18)13-5-3-4-6-14(13)22(23,24)25/h3-7,9,12,17,28H,8,10-11,26H2,1-2H3,(H,29,30). The second-order valence-electron chi connectivity index (χ2n) is 7.43. The van der Waals surface area contributed by atoms with Gasteiger partial charge in [0.25, 0.3) is 0 Å². The van der Waals surface area contributed by atoms with Crippen molar-refractivity contribution < 1.29 is 32.5 Å². The summed E-state index contributed by atoms with van der Waals surface area (Å²) in [5.74, 6) is -2.61. The minimum absolute atomic E-state index is 0.0626. The molecule has 1 aromatic carbocycles. The van der Waals surface area contributed by atoms with E-state index in [4.69, 9.17) is 15.2 Å². The normalized spacial score (nSPS) is 16.0. The zero-order valence-electron chi connectivity index (χ0n) is 17.6. The average Bonchev–Trinajstić information content (AvgIpc) is 2.72. The lowest BCUT2D eigenvalue weighted by Crippen LogP contribution is -2.29. The number of ether oxygens (including phenoxy) is 2. The molecule has 0 bridgehead atoms. The van der Waals surface area contributed by atoms with Gasteiger partial charge in [-0.3, -0.25) is 0 Å². The van der Waals surface area contributed by atoms with Crippen LogP contribution < -0.4 is 15.8 Å². The van der Waals surface area contributed by atoms with Gasteiger partial charge >= 0.3 is 12.1 Å². The lowest BCUT2D eigenvalue weighted by atomic mass is 9.79. The topological polar surface area (TPSA) is 107 Å². The van der Waals surface area contributed by atoms with E-state index >= 15 is 0 Å². The molecule has 0 saturated carbocycles. The highest BCUT2D eigenvalue weighted by Gasteiger charge is 2.42. The number of hydrogen-bond acceptors (Lipinski definition) is 6. The Balaban J connectivity index is 2.31. The molecule has 1 atom stereocenters. The molecule has 0 fully saturated rings. The summed E-state index contributed by atoms with van der Waals surface area (Å²) in [6, 6.07) is 6.47. The van der Waals surface area contributed by atoms with Crippen LogP contribution in [0.15, 0.2) is 47.8 Å². The summed E-state index contributed by atoms with van der Waals surface area (Å²) in [6.07, 6.45) is -3.58. The average molecular weight is 451 g/mol. The van der Waals surface area contributed by atoms with E-state index in [1.165, 1.54) is 24.4 Å². The highest BCUT2D eigenvalue weighted by atomic mass is 19.4. The van der Waals surface area contributed by atoms with Crippen molar-refractivity contribution in [2.75, 3.05) is 25.1 Å². The van der Waals surface area contributed by atoms with Crippen molar-refractivity contribution in [2.45, 2.75) is 32.0 Å². The Morgan fingerprint density at radius 1 is 1.28 bits per heavy atom. The molecule has 2 heterocycles. The molecule has 0 spiro atoms. The molecule has 1 unspecified atom stereocenters. The largest absolute Gasteiger partial charge is 0.478 e. The predicted octanol–water partition coefficient (Wildman–Crippen LogP) is 3.76. The highest BCUT2D eigenvalue weighted by molar-refractivity contribution is 5.94. The predicted molar refractivity (Wildman–Crippen MR) is 111 cm³/mol. The number of carbonyl (C=O) groups is 1. The number of pyridine rings is 1. The van der Waals surface area contributed by atoms with Crippen molar-refractivity contribution in [3.05, 3.63) is 64.5 Å². The molecule has 4 N–H and O–H groups in total. The lowest BCUT2D eigenvalue weighted by molar-refractivity contribution is -0.139. The number of nitrogens with zero attached hydrogens (tertiary/aromatic N) is 1. The van der Waals surface area contributed by atoms with E-state index in [0.717, 1.165) is 6.07 Å². The maximum absolute atomic E-state index is 13.9. The first-order chi connectivity index (χ1) is 15.1. The van der Waals surface area contributed by atoms with Crippen LogP contribution in [0.4, 0.5) is 18.9 Å². The van der Waals surface area contributed by atoms with Crippen molar-refractivity contribution in [1.82, 2.24) is 4.98 Å². The molecule has 0 saturated heterocycles. The molecule has 172 valence electrons. The Bertz CT molecular complexity index is 1020. The summed E-state index contributed by atoms with van der Waals surface area (Å²) in [7, 11) is 0. The van der Waals surface area contributed by atoms with E-state index in [0.29, 0.717) is 5.69 Å². The smallest absolute Gasteiger partial charge is 0.416 e. The molecule has 10 heteroatoms. The number of alkyl halides is 3. The molecule has 1 aromatic heterocycles. The molecule has 2 aromatic rings. The number of rotatable bonds is 8. The molecule has 0 aliphatic carbocycles. The van der Waals surface area contributed by atoms with Crippen LogP contribution in [0.5, 0.6) is 5.88 Å². The number of fused-ring (bicyclic) bond motifs is 1. The molecular formula is C22H24F3N3O4. The lowest BCUT2D eigenvalue weighted by Gasteiger charge is -2.32. The van der Waals surface area contributed by atoms with Crippen LogP contribution in [0.3, 0.4) is 0 Å². The molecule has 3 rings (SSSR count). The maximum atomic E-state index is 13.9. The van der Waals surface area contributed by atoms with Gasteiger partial charge in [-0.2, -0.15) is 13.2 Å². The third-order valence-corrected chi connectivity index (χ3v) is 4.81. The SMILES string of the molecule is CC(C)Oc1nccc2c1C(c1ccccc1C(F)(F)F)C(C(=O)O)=C(COCCN)N2. The van der Waals surface area contributed by atoms with Crippen molar-refractivity contribution in [3.63, 3.8) is 0 Å². The van der Waals surface area contributed by atoms with Crippen LogP contribution in [0.25, 0.3) is 0 Å².